The molecular formula is C19H26N4O3. The van der Waals surface area contributed by atoms with E-state index in [1.165, 1.54) is 0 Å². The molecule has 7 heteroatoms. The van der Waals surface area contributed by atoms with Gasteiger partial charge in [0.1, 0.15) is 6.04 Å². The Hall–Kier alpha value is -2.25. The molecule has 1 aromatic carbocycles. The number of hydrogen-bond donors (Lipinski definition) is 3. The average molecular weight is 358 g/mol. The Morgan fingerprint density at radius 1 is 1.31 bits per heavy atom. The van der Waals surface area contributed by atoms with Gasteiger partial charge in [0.25, 0.3) is 5.91 Å². The van der Waals surface area contributed by atoms with Gasteiger partial charge in [-0.25, -0.2) is 0 Å². The van der Waals surface area contributed by atoms with Crippen LogP contribution in [0.4, 0.5) is 0 Å². The van der Waals surface area contributed by atoms with E-state index < -0.39 is 6.04 Å². The van der Waals surface area contributed by atoms with E-state index >= 15 is 0 Å². The zero-order chi connectivity index (χ0) is 18.7. The molecular weight excluding hydrogens is 332 g/mol. The lowest BCUT2D eigenvalue weighted by atomic mass is 10.0. The number of carbonyl (C=O) groups is 3. The summed E-state index contributed by atoms with van der Waals surface area (Å²) in [5, 5.41) is 8.97. The first-order chi connectivity index (χ1) is 12.5. The van der Waals surface area contributed by atoms with Crippen LogP contribution in [0.3, 0.4) is 0 Å². The molecule has 26 heavy (non-hydrogen) atoms. The quantitative estimate of drug-likeness (QED) is 0.489. The summed E-state index contributed by atoms with van der Waals surface area (Å²) in [6.07, 6.45) is 1.68. The van der Waals surface area contributed by atoms with Crippen molar-refractivity contribution >= 4 is 17.7 Å². The fourth-order valence-corrected chi connectivity index (χ4v) is 3.50. The second-order valence-corrected chi connectivity index (χ2v) is 7.00. The number of rotatable bonds is 7. The third-order valence-electron chi connectivity index (χ3n) is 5.24. The molecule has 0 spiro atoms. The van der Waals surface area contributed by atoms with Crippen molar-refractivity contribution in [1.29, 1.82) is 0 Å². The van der Waals surface area contributed by atoms with E-state index in [-0.39, 0.29) is 24.1 Å². The summed E-state index contributed by atoms with van der Waals surface area (Å²) in [7, 11) is 1.95. The maximum absolute atomic E-state index is 12.8. The van der Waals surface area contributed by atoms with Crippen LogP contribution in [0.1, 0.15) is 47.7 Å². The number of nitrogens with zero attached hydrogens (tertiary/aromatic N) is 1. The number of fused-ring (bicyclic) bond motifs is 1. The highest BCUT2D eigenvalue weighted by molar-refractivity contribution is 6.05. The van der Waals surface area contributed by atoms with Crippen LogP contribution in [0.5, 0.6) is 0 Å². The monoisotopic (exact) mass is 358 g/mol. The van der Waals surface area contributed by atoms with Crippen molar-refractivity contribution in [2.75, 3.05) is 13.6 Å². The predicted molar refractivity (Wildman–Crippen MR) is 97.3 cm³/mol. The number of imide groups is 1. The Kier molecular flexibility index (Phi) is 5.68. The van der Waals surface area contributed by atoms with Gasteiger partial charge >= 0.3 is 0 Å². The minimum Gasteiger partial charge on any atom is -0.322 e. The first-order valence-corrected chi connectivity index (χ1v) is 9.14. The van der Waals surface area contributed by atoms with Gasteiger partial charge in [-0.2, -0.15) is 0 Å². The zero-order valence-electron chi connectivity index (χ0n) is 15.3. The number of hydrogen-bond acceptors (Lipinski definition) is 5. The van der Waals surface area contributed by atoms with Gasteiger partial charge in [0.05, 0.1) is 0 Å². The van der Waals surface area contributed by atoms with Crippen LogP contribution < -0.4 is 16.0 Å². The van der Waals surface area contributed by atoms with Gasteiger partial charge in [0, 0.05) is 31.1 Å². The Morgan fingerprint density at radius 3 is 2.85 bits per heavy atom. The molecule has 0 saturated carbocycles. The molecule has 2 aliphatic rings. The Morgan fingerprint density at radius 2 is 2.12 bits per heavy atom. The molecule has 2 aliphatic heterocycles. The lowest BCUT2D eigenvalue weighted by molar-refractivity contribution is -0.136. The topological polar surface area (TPSA) is 90.5 Å². The van der Waals surface area contributed by atoms with E-state index in [2.05, 4.69) is 22.9 Å². The highest BCUT2D eigenvalue weighted by Gasteiger charge is 2.39. The van der Waals surface area contributed by atoms with Gasteiger partial charge in [-0.1, -0.05) is 12.1 Å². The van der Waals surface area contributed by atoms with Gasteiger partial charge in [-0.15, -0.1) is 0 Å². The van der Waals surface area contributed by atoms with E-state index in [1.54, 1.807) is 4.90 Å². The maximum Gasteiger partial charge on any atom is 0.255 e. The highest BCUT2D eigenvalue weighted by atomic mass is 16.2. The minimum atomic E-state index is -0.565. The molecule has 2 unspecified atom stereocenters. The summed E-state index contributed by atoms with van der Waals surface area (Å²) in [6.45, 7) is 4.14. The van der Waals surface area contributed by atoms with E-state index in [1.807, 2.05) is 25.2 Å². The Bertz CT molecular complexity index is 719. The third-order valence-corrected chi connectivity index (χ3v) is 5.24. The van der Waals surface area contributed by atoms with E-state index in [4.69, 9.17) is 0 Å². The number of carbonyl (C=O) groups excluding carboxylic acids is 3. The van der Waals surface area contributed by atoms with Crippen molar-refractivity contribution in [3.05, 3.63) is 34.9 Å². The second kappa shape index (κ2) is 7.97. The van der Waals surface area contributed by atoms with Gasteiger partial charge in [-0.05, 0) is 50.6 Å². The Labute approximate surface area is 153 Å². The molecule has 7 nitrogen and oxygen atoms in total. The van der Waals surface area contributed by atoms with Gasteiger partial charge in [0.2, 0.25) is 11.8 Å². The summed E-state index contributed by atoms with van der Waals surface area (Å²) in [5.74, 6) is -0.764. The van der Waals surface area contributed by atoms with Crippen molar-refractivity contribution < 1.29 is 14.4 Å². The summed E-state index contributed by atoms with van der Waals surface area (Å²) in [4.78, 5) is 37.9. The number of nitrogens with one attached hydrogen (secondary N) is 3. The molecule has 2 heterocycles. The fourth-order valence-electron chi connectivity index (χ4n) is 3.50. The summed E-state index contributed by atoms with van der Waals surface area (Å²) >= 11 is 0. The first kappa shape index (κ1) is 18.5. The molecule has 0 bridgehead atoms. The van der Waals surface area contributed by atoms with Crippen LogP contribution in [0.2, 0.25) is 0 Å². The van der Waals surface area contributed by atoms with Crippen LogP contribution in [0.25, 0.3) is 0 Å². The molecule has 0 aromatic heterocycles. The lowest BCUT2D eigenvalue weighted by Crippen LogP contribution is -2.52. The molecule has 0 aliphatic carbocycles. The highest BCUT2D eigenvalue weighted by Crippen LogP contribution is 2.29. The van der Waals surface area contributed by atoms with Crippen LogP contribution in [0.15, 0.2) is 18.2 Å². The average Bonchev–Trinajstić information content (AvgIpc) is 2.96. The van der Waals surface area contributed by atoms with Crippen molar-refractivity contribution in [2.45, 2.75) is 51.4 Å². The SMILES string of the molecule is CNC(C)CCNCc1cccc2c1CN(C1CCC(=O)NC1=O)C2=O. The minimum absolute atomic E-state index is 0.125. The second-order valence-electron chi connectivity index (χ2n) is 7.00. The molecule has 1 saturated heterocycles. The fraction of sp³-hybridized carbons (Fsp3) is 0.526. The number of benzene rings is 1. The lowest BCUT2D eigenvalue weighted by Gasteiger charge is -2.29. The molecule has 3 rings (SSSR count). The van der Waals surface area contributed by atoms with Crippen LogP contribution in [-0.2, 0) is 22.7 Å². The van der Waals surface area contributed by atoms with Gasteiger partial charge in [0.15, 0.2) is 0 Å². The van der Waals surface area contributed by atoms with Gasteiger partial charge in [-0.3, -0.25) is 19.7 Å². The molecule has 2 atom stereocenters. The molecule has 1 aromatic rings. The molecule has 0 radical (unpaired) electrons. The number of amides is 3. The van der Waals surface area contributed by atoms with Gasteiger partial charge < -0.3 is 15.5 Å². The van der Waals surface area contributed by atoms with E-state index in [0.29, 0.717) is 31.1 Å². The summed E-state index contributed by atoms with van der Waals surface area (Å²) < 4.78 is 0. The molecule has 3 amide bonds. The van der Waals surface area contributed by atoms with Crippen LogP contribution in [-0.4, -0.2) is 48.3 Å². The van der Waals surface area contributed by atoms with E-state index in [0.717, 1.165) is 24.1 Å². The van der Waals surface area contributed by atoms with Crippen LogP contribution in [0, 0.1) is 0 Å². The largest absolute Gasteiger partial charge is 0.322 e. The zero-order valence-corrected chi connectivity index (χ0v) is 15.3. The maximum atomic E-state index is 12.8. The smallest absolute Gasteiger partial charge is 0.255 e. The standard InChI is InChI=1S/C19H26N4O3/c1-12(20-2)8-9-21-10-13-4-3-5-14-15(13)11-23(19(14)26)16-6-7-17(24)22-18(16)25/h3-5,12,16,20-21H,6-11H2,1-2H3,(H,22,24,25). The van der Waals surface area contributed by atoms with Crippen molar-refractivity contribution in [2.24, 2.45) is 0 Å². The predicted octanol–water partition coefficient (Wildman–Crippen LogP) is 0.535. The molecule has 1 fully saturated rings. The number of piperidine rings is 1. The normalized spacial score (nSPS) is 20.9. The third kappa shape index (κ3) is 3.78. The van der Waals surface area contributed by atoms with Crippen molar-refractivity contribution in [3.63, 3.8) is 0 Å². The van der Waals surface area contributed by atoms with Crippen molar-refractivity contribution in [3.8, 4) is 0 Å². The summed E-state index contributed by atoms with van der Waals surface area (Å²) in [5.41, 5.74) is 2.73. The van der Waals surface area contributed by atoms with Crippen molar-refractivity contribution in [1.82, 2.24) is 20.9 Å². The first-order valence-electron chi connectivity index (χ1n) is 9.14. The summed E-state index contributed by atoms with van der Waals surface area (Å²) in [6, 6.07) is 5.61. The molecule has 140 valence electrons. The Balaban J connectivity index is 1.67. The van der Waals surface area contributed by atoms with E-state index in [9.17, 15) is 14.4 Å². The molecule has 3 N–H and O–H groups in total. The van der Waals surface area contributed by atoms with Crippen LogP contribution >= 0.6 is 0 Å².